The van der Waals surface area contributed by atoms with Crippen LogP contribution in [0.5, 0.6) is 0 Å². The van der Waals surface area contributed by atoms with Crippen LogP contribution in [0, 0.1) is 5.82 Å². The molecule has 0 saturated carbocycles. The molecule has 12 heteroatoms. The first-order chi connectivity index (χ1) is 21.5. The summed E-state index contributed by atoms with van der Waals surface area (Å²) in [4.78, 5) is 9.73. The van der Waals surface area contributed by atoms with Crippen LogP contribution in [0.4, 0.5) is 13.2 Å². The van der Waals surface area contributed by atoms with E-state index in [0.717, 1.165) is 50.4 Å². The normalized spacial score (nSPS) is 15.4. The molecule has 1 saturated heterocycles. The zero-order valence-electron chi connectivity index (χ0n) is 24.2. The van der Waals surface area contributed by atoms with Gasteiger partial charge in [0.1, 0.15) is 11.5 Å². The lowest BCUT2D eigenvalue weighted by Gasteiger charge is -2.16. The fourth-order valence-corrected chi connectivity index (χ4v) is 6.39. The predicted molar refractivity (Wildman–Crippen MR) is 169 cm³/mol. The van der Waals surface area contributed by atoms with E-state index in [1.807, 2.05) is 48.5 Å². The standard InChI is InChI=1S/C33H29F3N6O2S/c1-45(43,44)38-17-21-12-24(14-25(34)13-21)31-27-16-30(39-28(27)7-9-37-31)32-26-15-23(5-6-29(26)40-41-32)22-4-2-3-20(11-22)18-42-10-8-33(35,36)19-42/h2-7,9,11-16,38-39H,8,10,17-19H2,1H3,(H,40,41). The minimum absolute atomic E-state index is 0.0450. The number of fused-ring (bicyclic) bond motifs is 2. The molecule has 4 heterocycles. The first-order valence-electron chi connectivity index (χ1n) is 14.4. The Morgan fingerprint density at radius 3 is 2.51 bits per heavy atom. The van der Waals surface area contributed by atoms with Gasteiger partial charge < -0.3 is 4.98 Å². The van der Waals surface area contributed by atoms with Crippen molar-refractivity contribution >= 4 is 31.8 Å². The number of benzene rings is 3. The number of halogens is 3. The number of hydrogen-bond acceptors (Lipinski definition) is 5. The van der Waals surface area contributed by atoms with E-state index < -0.39 is 21.8 Å². The molecule has 3 aromatic heterocycles. The topological polar surface area (TPSA) is 107 Å². The minimum Gasteiger partial charge on any atom is -0.353 e. The number of aromatic nitrogens is 4. The molecule has 6 aromatic rings. The Bertz CT molecular complexity index is 2180. The molecule has 230 valence electrons. The summed E-state index contributed by atoms with van der Waals surface area (Å²) in [6.07, 6.45) is 2.58. The number of aromatic amines is 2. The lowest BCUT2D eigenvalue weighted by Crippen LogP contribution is -2.24. The Morgan fingerprint density at radius 2 is 1.71 bits per heavy atom. The number of nitrogens with one attached hydrogen (secondary N) is 3. The predicted octanol–water partition coefficient (Wildman–Crippen LogP) is 6.47. The summed E-state index contributed by atoms with van der Waals surface area (Å²) >= 11 is 0. The van der Waals surface area contributed by atoms with Crippen LogP contribution < -0.4 is 4.72 Å². The number of rotatable bonds is 8. The molecule has 7 rings (SSSR count). The molecule has 1 aliphatic rings. The van der Waals surface area contributed by atoms with Gasteiger partial charge in [-0.05, 0) is 70.8 Å². The maximum atomic E-state index is 14.6. The number of hydrogen-bond donors (Lipinski definition) is 3. The number of alkyl halides is 2. The van der Waals surface area contributed by atoms with Gasteiger partial charge in [0.05, 0.1) is 29.7 Å². The average molecular weight is 631 g/mol. The first-order valence-corrected chi connectivity index (χ1v) is 16.3. The monoisotopic (exact) mass is 630 g/mol. The number of pyridine rings is 1. The molecule has 1 aliphatic heterocycles. The molecule has 1 fully saturated rings. The van der Waals surface area contributed by atoms with E-state index in [-0.39, 0.29) is 19.5 Å². The molecule has 0 spiro atoms. The zero-order chi connectivity index (χ0) is 31.3. The fraction of sp³-hybridized carbons (Fsp3) is 0.212. The second-order valence-corrected chi connectivity index (χ2v) is 13.4. The second kappa shape index (κ2) is 11.1. The number of sulfonamides is 1. The largest absolute Gasteiger partial charge is 0.353 e. The van der Waals surface area contributed by atoms with Crippen molar-refractivity contribution in [2.75, 3.05) is 19.3 Å². The summed E-state index contributed by atoms with van der Waals surface area (Å²) in [5.74, 6) is -3.13. The van der Waals surface area contributed by atoms with Crippen LogP contribution in [-0.2, 0) is 23.1 Å². The van der Waals surface area contributed by atoms with Crippen LogP contribution in [-0.4, -0.2) is 58.8 Å². The van der Waals surface area contributed by atoms with Crippen molar-refractivity contribution < 1.29 is 21.6 Å². The molecule has 3 aromatic carbocycles. The summed E-state index contributed by atoms with van der Waals surface area (Å²) < 4.78 is 67.6. The third-order valence-corrected chi connectivity index (χ3v) is 8.72. The third-order valence-electron chi connectivity index (χ3n) is 8.05. The fourth-order valence-electron chi connectivity index (χ4n) is 5.96. The maximum Gasteiger partial charge on any atom is 0.261 e. The molecular formula is C33H29F3N6O2S. The van der Waals surface area contributed by atoms with Gasteiger partial charge in [0.15, 0.2) is 0 Å². The smallest absolute Gasteiger partial charge is 0.261 e. The Morgan fingerprint density at radius 1 is 0.911 bits per heavy atom. The van der Waals surface area contributed by atoms with E-state index in [1.165, 1.54) is 12.1 Å². The summed E-state index contributed by atoms with van der Waals surface area (Å²) in [6, 6.07) is 22.1. The van der Waals surface area contributed by atoms with E-state index >= 15 is 0 Å². The lowest BCUT2D eigenvalue weighted by atomic mass is 10.0. The highest BCUT2D eigenvalue weighted by atomic mass is 32.2. The van der Waals surface area contributed by atoms with E-state index in [2.05, 4.69) is 31.0 Å². The molecular weight excluding hydrogens is 601 g/mol. The molecule has 0 unspecified atom stereocenters. The van der Waals surface area contributed by atoms with Crippen molar-refractivity contribution in [1.82, 2.24) is 29.8 Å². The van der Waals surface area contributed by atoms with Crippen LogP contribution >= 0.6 is 0 Å². The van der Waals surface area contributed by atoms with Crippen molar-refractivity contribution in [3.05, 3.63) is 95.9 Å². The molecule has 3 N–H and O–H groups in total. The maximum absolute atomic E-state index is 14.6. The van der Waals surface area contributed by atoms with Gasteiger partial charge in [-0.1, -0.05) is 24.3 Å². The summed E-state index contributed by atoms with van der Waals surface area (Å²) in [5.41, 5.74) is 7.50. The van der Waals surface area contributed by atoms with Crippen LogP contribution in [0.25, 0.3) is 55.6 Å². The number of H-pyrrole nitrogens is 2. The van der Waals surface area contributed by atoms with E-state index in [4.69, 9.17) is 0 Å². The van der Waals surface area contributed by atoms with Crippen LogP contribution in [0.15, 0.2) is 79.0 Å². The van der Waals surface area contributed by atoms with E-state index in [1.54, 1.807) is 17.2 Å². The Hall–Kier alpha value is -4.52. The van der Waals surface area contributed by atoms with E-state index in [9.17, 15) is 21.6 Å². The highest BCUT2D eigenvalue weighted by Gasteiger charge is 2.37. The van der Waals surface area contributed by atoms with Gasteiger partial charge in [-0.15, -0.1) is 0 Å². The van der Waals surface area contributed by atoms with Crippen molar-refractivity contribution in [3.63, 3.8) is 0 Å². The SMILES string of the molecule is CS(=O)(=O)NCc1cc(F)cc(-c2nccc3[nH]c(-c4n[nH]c5ccc(-c6cccc(CN7CCC(F)(F)C7)c6)cc45)cc23)c1. The van der Waals surface area contributed by atoms with Gasteiger partial charge in [0.2, 0.25) is 10.0 Å². The van der Waals surface area contributed by atoms with Crippen molar-refractivity contribution in [2.45, 2.75) is 25.4 Å². The summed E-state index contributed by atoms with van der Waals surface area (Å²) in [6.45, 7) is 0.583. The van der Waals surface area contributed by atoms with Crippen LogP contribution in [0.2, 0.25) is 0 Å². The third kappa shape index (κ3) is 6.21. The Balaban J connectivity index is 1.22. The van der Waals surface area contributed by atoms with Gasteiger partial charge in [-0.2, -0.15) is 5.10 Å². The summed E-state index contributed by atoms with van der Waals surface area (Å²) in [5, 5.41) is 9.33. The highest BCUT2D eigenvalue weighted by molar-refractivity contribution is 7.88. The van der Waals surface area contributed by atoms with Gasteiger partial charge in [0, 0.05) is 54.1 Å². The van der Waals surface area contributed by atoms with Gasteiger partial charge in [-0.3, -0.25) is 15.0 Å². The first kappa shape index (κ1) is 29.2. The van der Waals surface area contributed by atoms with Crippen LogP contribution in [0.3, 0.4) is 0 Å². The van der Waals surface area contributed by atoms with Crippen molar-refractivity contribution in [3.8, 4) is 33.8 Å². The van der Waals surface area contributed by atoms with E-state index in [0.29, 0.717) is 35.6 Å². The molecule has 0 bridgehead atoms. The number of nitrogens with zero attached hydrogens (tertiary/aromatic N) is 3. The summed E-state index contributed by atoms with van der Waals surface area (Å²) in [7, 11) is -3.45. The van der Waals surface area contributed by atoms with Crippen molar-refractivity contribution in [1.29, 1.82) is 0 Å². The molecule has 0 aliphatic carbocycles. The minimum atomic E-state index is -3.45. The van der Waals surface area contributed by atoms with Gasteiger partial charge in [-0.25, -0.2) is 26.3 Å². The highest BCUT2D eigenvalue weighted by Crippen LogP contribution is 2.35. The Kier molecular flexibility index (Phi) is 7.22. The molecule has 8 nitrogen and oxygen atoms in total. The lowest BCUT2D eigenvalue weighted by molar-refractivity contribution is 0.0115. The number of likely N-dealkylation sites (tertiary alicyclic amines) is 1. The quantitative estimate of drug-likeness (QED) is 0.179. The van der Waals surface area contributed by atoms with Gasteiger partial charge >= 0.3 is 0 Å². The molecule has 0 radical (unpaired) electrons. The van der Waals surface area contributed by atoms with Crippen LogP contribution in [0.1, 0.15) is 17.5 Å². The zero-order valence-corrected chi connectivity index (χ0v) is 25.1. The Labute approximate surface area is 257 Å². The van der Waals surface area contributed by atoms with Crippen molar-refractivity contribution in [2.24, 2.45) is 0 Å². The molecule has 0 amide bonds. The molecule has 45 heavy (non-hydrogen) atoms. The molecule has 0 atom stereocenters. The second-order valence-electron chi connectivity index (χ2n) is 11.6. The average Bonchev–Trinajstić information content (AvgIpc) is 3.71. The van der Waals surface area contributed by atoms with Gasteiger partial charge in [0.25, 0.3) is 5.92 Å².